The normalized spacial score (nSPS) is 23.5. The summed E-state index contributed by atoms with van der Waals surface area (Å²) in [4.78, 5) is 23.2. The van der Waals surface area contributed by atoms with Gasteiger partial charge < -0.3 is 19.5 Å². The molecule has 9 heteroatoms. The number of ether oxygens (including phenoxy) is 3. The van der Waals surface area contributed by atoms with E-state index >= 15 is 0 Å². The van der Waals surface area contributed by atoms with Gasteiger partial charge in [0.15, 0.2) is 4.87 Å². The Morgan fingerprint density at radius 2 is 2.00 bits per heavy atom. The largest absolute Gasteiger partial charge is 0.467 e. The third-order valence-electron chi connectivity index (χ3n) is 4.05. The Labute approximate surface area is 162 Å². The molecule has 0 heterocycles. The van der Waals surface area contributed by atoms with E-state index in [4.69, 9.17) is 37.4 Å². The minimum absolute atomic E-state index is 0.0597. The molecule has 0 aromatic carbocycles. The third-order valence-corrected chi connectivity index (χ3v) is 5.62. The van der Waals surface area contributed by atoms with Gasteiger partial charge in [0.05, 0.1) is 12.8 Å². The predicted octanol–water partition coefficient (Wildman–Crippen LogP) is 2.45. The van der Waals surface area contributed by atoms with Crippen LogP contribution in [0.5, 0.6) is 0 Å². The van der Waals surface area contributed by atoms with Crippen LogP contribution in [-0.4, -0.2) is 61.8 Å². The average molecular weight is 412 g/mol. The Balaban J connectivity index is 3.35. The number of hydrogen-bond donors (Lipinski definition) is 1. The van der Waals surface area contributed by atoms with E-state index in [1.807, 2.05) is 6.26 Å². The number of allylic oxidation sites excluding steroid dienone is 2. The van der Waals surface area contributed by atoms with Crippen LogP contribution in [0, 0.1) is 0 Å². The van der Waals surface area contributed by atoms with Crippen LogP contribution in [0.1, 0.15) is 12.8 Å². The van der Waals surface area contributed by atoms with Crippen molar-refractivity contribution in [2.45, 2.75) is 29.5 Å². The summed E-state index contributed by atoms with van der Waals surface area (Å²) in [6.45, 7) is 3.62. The van der Waals surface area contributed by atoms with Crippen LogP contribution in [-0.2, 0) is 23.8 Å². The van der Waals surface area contributed by atoms with Crippen molar-refractivity contribution in [3.05, 3.63) is 23.4 Å². The van der Waals surface area contributed by atoms with E-state index in [9.17, 15) is 9.59 Å². The van der Waals surface area contributed by atoms with Crippen LogP contribution in [0.25, 0.3) is 0 Å². The van der Waals surface area contributed by atoms with Gasteiger partial charge in [-0.05, 0) is 24.9 Å². The van der Waals surface area contributed by atoms with Gasteiger partial charge in [0, 0.05) is 14.2 Å². The van der Waals surface area contributed by atoms with Crippen molar-refractivity contribution in [1.82, 2.24) is 5.32 Å². The molecule has 1 N–H and O–H groups in total. The van der Waals surface area contributed by atoms with E-state index in [1.54, 1.807) is 11.8 Å². The van der Waals surface area contributed by atoms with Crippen LogP contribution >= 0.6 is 35.0 Å². The highest BCUT2D eigenvalue weighted by molar-refractivity contribution is 7.98. The first-order chi connectivity index (χ1) is 11.8. The molecule has 0 aliphatic heterocycles. The second kappa shape index (κ2) is 9.28. The predicted molar refractivity (Wildman–Crippen MR) is 100.0 cm³/mol. The van der Waals surface area contributed by atoms with Crippen molar-refractivity contribution in [3.8, 4) is 0 Å². The number of nitrogens with one attached hydrogen (secondary N) is 1. The molecule has 0 saturated heterocycles. The van der Waals surface area contributed by atoms with E-state index in [1.165, 1.54) is 27.4 Å². The zero-order valence-corrected chi connectivity index (χ0v) is 17.0. The first-order valence-corrected chi connectivity index (χ1v) is 9.63. The molecule has 0 saturated carbocycles. The van der Waals surface area contributed by atoms with Gasteiger partial charge in [-0.3, -0.25) is 4.79 Å². The molecule has 0 bridgehead atoms. The molecule has 0 aromatic rings. The summed E-state index contributed by atoms with van der Waals surface area (Å²) in [5.74, 6) is -2.04. The Hall–Kier alpha value is -0.730. The van der Waals surface area contributed by atoms with Gasteiger partial charge in [-0.1, -0.05) is 17.7 Å². The Morgan fingerprint density at radius 3 is 2.44 bits per heavy atom. The van der Waals surface area contributed by atoms with Crippen LogP contribution in [0.3, 0.4) is 0 Å². The number of carbonyl (C=O) groups is 2. The number of Topliss-reactive ketones (excluding diaryl/α,β-unsaturated/α-hetero) is 1. The summed E-state index contributed by atoms with van der Waals surface area (Å²) in [5.41, 5.74) is 0.109. The number of halogens is 2. The summed E-state index contributed by atoms with van der Waals surface area (Å²) >= 11 is 14.4. The number of thioether (sulfide) groups is 1. The van der Waals surface area contributed by atoms with Crippen LogP contribution in [0.4, 0.5) is 0 Å². The molecule has 1 aliphatic carbocycles. The second-order valence-corrected chi connectivity index (χ2v) is 7.35. The lowest BCUT2D eigenvalue weighted by atomic mass is 9.93. The second-order valence-electron chi connectivity index (χ2n) is 5.34. The van der Waals surface area contributed by atoms with E-state index in [0.717, 1.165) is 0 Å². The summed E-state index contributed by atoms with van der Waals surface area (Å²) < 4.78 is 15.8. The lowest BCUT2D eigenvalue weighted by Gasteiger charge is -2.40. The SMILES string of the molecule is C=CC[C@]1(Cl)C(=O)C(Cl)=C(N[C@@H](CCSC)C(=O)OC)C1(OC)OC. The minimum Gasteiger partial charge on any atom is -0.467 e. The molecular formula is C16H23Cl2NO5S. The molecule has 0 unspecified atom stereocenters. The highest BCUT2D eigenvalue weighted by Crippen LogP contribution is 2.50. The minimum atomic E-state index is -1.68. The summed E-state index contributed by atoms with van der Waals surface area (Å²) in [7, 11) is 3.99. The molecule has 1 aliphatic rings. The number of hydrogen-bond acceptors (Lipinski definition) is 7. The van der Waals surface area contributed by atoms with Gasteiger partial charge in [-0.15, -0.1) is 18.2 Å². The fraction of sp³-hybridized carbons (Fsp3) is 0.625. The van der Waals surface area contributed by atoms with Gasteiger partial charge in [0.2, 0.25) is 11.6 Å². The quantitative estimate of drug-likeness (QED) is 0.256. The van der Waals surface area contributed by atoms with Crippen molar-refractivity contribution in [3.63, 3.8) is 0 Å². The van der Waals surface area contributed by atoms with Crippen LogP contribution < -0.4 is 5.32 Å². The van der Waals surface area contributed by atoms with Crippen LogP contribution in [0.2, 0.25) is 0 Å². The topological polar surface area (TPSA) is 73.9 Å². The zero-order chi connectivity index (χ0) is 19.3. The zero-order valence-electron chi connectivity index (χ0n) is 14.7. The van der Waals surface area contributed by atoms with Crippen molar-refractivity contribution < 1.29 is 23.8 Å². The molecule has 1 rings (SSSR count). The van der Waals surface area contributed by atoms with Gasteiger partial charge in [0.1, 0.15) is 11.1 Å². The standard InChI is InChI=1S/C16H23Cl2NO5S/c1-6-8-15(18)13(20)11(17)12(16(15,23-3)24-4)19-10(7-9-25-5)14(21)22-2/h6,10,19H,1,7-9H2,2-5H3/t10-,15-/m0/s1. The maximum absolute atomic E-state index is 12.7. The maximum atomic E-state index is 12.7. The van der Waals surface area contributed by atoms with Gasteiger partial charge >= 0.3 is 5.97 Å². The molecule has 2 atom stereocenters. The molecule has 25 heavy (non-hydrogen) atoms. The first-order valence-electron chi connectivity index (χ1n) is 7.48. The molecule has 6 nitrogen and oxygen atoms in total. The highest BCUT2D eigenvalue weighted by atomic mass is 35.5. The molecule has 0 aromatic heterocycles. The third kappa shape index (κ3) is 3.85. The lowest BCUT2D eigenvalue weighted by molar-refractivity contribution is -0.199. The number of rotatable bonds is 10. The summed E-state index contributed by atoms with van der Waals surface area (Å²) in [5, 5.41) is 2.79. The fourth-order valence-corrected chi connectivity index (χ4v) is 4.09. The molecule has 0 fully saturated rings. The Morgan fingerprint density at radius 1 is 1.40 bits per heavy atom. The summed E-state index contributed by atoms with van der Waals surface area (Å²) in [6, 6.07) is -0.735. The van der Waals surface area contributed by atoms with Crippen molar-refractivity contribution in [2.75, 3.05) is 33.3 Å². The first kappa shape index (κ1) is 22.3. The van der Waals surface area contributed by atoms with Crippen molar-refractivity contribution in [1.29, 1.82) is 0 Å². The summed E-state index contributed by atoms with van der Waals surface area (Å²) in [6.07, 6.45) is 3.92. The van der Waals surface area contributed by atoms with Gasteiger partial charge in [0.25, 0.3) is 0 Å². The molecule has 0 amide bonds. The van der Waals surface area contributed by atoms with E-state index in [2.05, 4.69) is 11.9 Å². The Bertz CT molecular complexity index is 565. The monoisotopic (exact) mass is 411 g/mol. The molecule has 0 radical (unpaired) electrons. The molecule has 142 valence electrons. The Kier molecular flexibility index (Phi) is 8.28. The van der Waals surface area contributed by atoms with E-state index in [-0.39, 0.29) is 17.2 Å². The van der Waals surface area contributed by atoms with Gasteiger partial charge in [-0.2, -0.15) is 11.8 Å². The molecular weight excluding hydrogens is 389 g/mol. The lowest BCUT2D eigenvalue weighted by Crippen LogP contribution is -2.58. The fourth-order valence-electron chi connectivity index (χ4n) is 2.78. The number of esters is 1. The maximum Gasteiger partial charge on any atom is 0.328 e. The van der Waals surface area contributed by atoms with Crippen molar-refractivity contribution >= 4 is 46.7 Å². The average Bonchev–Trinajstić information content (AvgIpc) is 2.76. The number of ketones is 1. The number of carbonyl (C=O) groups excluding carboxylic acids is 2. The molecule has 0 spiro atoms. The number of methoxy groups -OCH3 is 3. The van der Waals surface area contributed by atoms with Gasteiger partial charge in [-0.25, -0.2) is 4.79 Å². The van der Waals surface area contributed by atoms with E-state index < -0.39 is 28.5 Å². The van der Waals surface area contributed by atoms with Crippen molar-refractivity contribution in [2.24, 2.45) is 0 Å². The smallest absolute Gasteiger partial charge is 0.328 e. The van der Waals surface area contributed by atoms with E-state index in [0.29, 0.717) is 12.2 Å². The van der Waals surface area contributed by atoms with Crippen LogP contribution in [0.15, 0.2) is 23.4 Å². The highest BCUT2D eigenvalue weighted by Gasteiger charge is 2.66. The number of alkyl halides is 1.